The van der Waals surface area contributed by atoms with Crippen molar-refractivity contribution in [3.8, 4) is 0 Å². The Bertz CT molecular complexity index is 381. The largest absolute Gasteiger partial charge is 0.382 e. The first-order valence-electron chi connectivity index (χ1n) is 7.40. The summed E-state index contributed by atoms with van der Waals surface area (Å²) in [5, 5.41) is 3.71. The molecule has 1 unspecified atom stereocenters. The molecule has 0 bridgehead atoms. The number of nitrogens with zero attached hydrogens (tertiary/aromatic N) is 1. The summed E-state index contributed by atoms with van der Waals surface area (Å²) in [6.45, 7) is 5.91. The van der Waals surface area contributed by atoms with Crippen molar-refractivity contribution >= 4 is 5.69 Å². The lowest BCUT2D eigenvalue weighted by molar-refractivity contribution is 0.134. The number of benzene rings is 1. The zero-order valence-corrected chi connectivity index (χ0v) is 12.2. The first-order valence-corrected chi connectivity index (χ1v) is 7.40. The Kier molecular flexibility index (Phi) is 5.67. The highest BCUT2D eigenvalue weighted by Crippen LogP contribution is 2.20. The second-order valence-corrected chi connectivity index (χ2v) is 5.37. The van der Waals surface area contributed by atoms with Gasteiger partial charge in [0.25, 0.3) is 0 Å². The molecule has 0 saturated carbocycles. The van der Waals surface area contributed by atoms with E-state index in [0.29, 0.717) is 12.6 Å². The van der Waals surface area contributed by atoms with Crippen molar-refractivity contribution in [3.05, 3.63) is 29.8 Å². The van der Waals surface area contributed by atoms with Crippen LogP contribution in [0.1, 0.15) is 31.7 Å². The van der Waals surface area contributed by atoms with Crippen molar-refractivity contribution in [3.63, 3.8) is 0 Å². The quantitative estimate of drug-likeness (QED) is 0.882. The molecule has 0 radical (unpaired) electrons. The Labute approximate surface area is 116 Å². The molecule has 2 rings (SSSR count). The van der Waals surface area contributed by atoms with Crippen LogP contribution in [0.3, 0.4) is 0 Å². The summed E-state index contributed by atoms with van der Waals surface area (Å²) in [5.41, 5.74) is 2.51. The number of para-hydroxylation sites is 1. The van der Waals surface area contributed by atoms with Gasteiger partial charge in [0.1, 0.15) is 0 Å². The monoisotopic (exact) mass is 262 g/mol. The summed E-state index contributed by atoms with van der Waals surface area (Å²) < 4.78 is 5.54. The fraction of sp³-hybridized carbons (Fsp3) is 0.625. The zero-order chi connectivity index (χ0) is 13.5. The minimum Gasteiger partial charge on any atom is -0.382 e. The van der Waals surface area contributed by atoms with Gasteiger partial charge in [-0.05, 0) is 52.4 Å². The van der Waals surface area contributed by atoms with E-state index in [9.17, 15) is 0 Å². The van der Waals surface area contributed by atoms with Crippen LogP contribution in [0.4, 0.5) is 5.69 Å². The standard InChI is InChI=1S/C16H26N2O/c1-3-19-13-14-7-4-5-9-16(14)17-15-8-6-11-18(2)12-10-15/h4-5,7,9,15,17H,3,6,8,10-13H2,1-2H3. The van der Waals surface area contributed by atoms with Crippen molar-refractivity contribution in [1.29, 1.82) is 0 Å². The summed E-state index contributed by atoms with van der Waals surface area (Å²) >= 11 is 0. The average Bonchev–Trinajstić information content (AvgIpc) is 2.63. The van der Waals surface area contributed by atoms with Crippen molar-refractivity contribution in [1.82, 2.24) is 4.90 Å². The fourth-order valence-electron chi connectivity index (χ4n) is 2.60. The SMILES string of the molecule is CCOCc1ccccc1NC1CCCN(C)CC1. The second-order valence-electron chi connectivity index (χ2n) is 5.37. The van der Waals surface area contributed by atoms with Crippen LogP contribution in [-0.2, 0) is 11.3 Å². The first kappa shape index (κ1) is 14.4. The van der Waals surface area contributed by atoms with Gasteiger partial charge in [-0.1, -0.05) is 18.2 Å². The van der Waals surface area contributed by atoms with E-state index < -0.39 is 0 Å². The van der Waals surface area contributed by atoms with E-state index >= 15 is 0 Å². The van der Waals surface area contributed by atoms with E-state index in [0.717, 1.165) is 6.61 Å². The Morgan fingerprint density at radius 3 is 2.95 bits per heavy atom. The topological polar surface area (TPSA) is 24.5 Å². The molecule has 0 aromatic heterocycles. The van der Waals surface area contributed by atoms with Crippen LogP contribution in [0.5, 0.6) is 0 Å². The van der Waals surface area contributed by atoms with Gasteiger partial charge in [0, 0.05) is 23.9 Å². The molecule has 0 amide bonds. The van der Waals surface area contributed by atoms with Crippen LogP contribution in [0.15, 0.2) is 24.3 Å². The van der Waals surface area contributed by atoms with Gasteiger partial charge in [-0.15, -0.1) is 0 Å². The molecule has 106 valence electrons. The molecule has 1 heterocycles. The van der Waals surface area contributed by atoms with Gasteiger partial charge >= 0.3 is 0 Å². The molecule has 1 fully saturated rings. The van der Waals surface area contributed by atoms with Gasteiger partial charge in [0.2, 0.25) is 0 Å². The third-order valence-electron chi connectivity index (χ3n) is 3.79. The lowest BCUT2D eigenvalue weighted by atomic mass is 10.1. The van der Waals surface area contributed by atoms with Crippen LogP contribution in [0.2, 0.25) is 0 Å². The van der Waals surface area contributed by atoms with E-state index in [2.05, 4.69) is 41.5 Å². The number of likely N-dealkylation sites (tertiary alicyclic amines) is 1. The van der Waals surface area contributed by atoms with Gasteiger partial charge < -0.3 is 15.0 Å². The molecule has 1 aromatic rings. The van der Waals surface area contributed by atoms with E-state index in [1.807, 2.05) is 6.92 Å². The van der Waals surface area contributed by atoms with Crippen LogP contribution >= 0.6 is 0 Å². The number of hydrogen-bond donors (Lipinski definition) is 1. The molecule has 1 aromatic carbocycles. The van der Waals surface area contributed by atoms with E-state index in [4.69, 9.17) is 4.74 Å². The van der Waals surface area contributed by atoms with Crippen LogP contribution < -0.4 is 5.32 Å². The fourth-order valence-corrected chi connectivity index (χ4v) is 2.60. The van der Waals surface area contributed by atoms with Crippen LogP contribution in [0.25, 0.3) is 0 Å². The molecule has 1 saturated heterocycles. The van der Waals surface area contributed by atoms with E-state index in [1.165, 1.54) is 43.6 Å². The second kappa shape index (κ2) is 7.51. The van der Waals surface area contributed by atoms with Gasteiger partial charge in [0.15, 0.2) is 0 Å². The highest BCUT2D eigenvalue weighted by Gasteiger charge is 2.15. The molecular weight excluding hydrogens is 236 g/mol. The van der Waals surface area contributed by atoms with Gasteiger partial charge in [0.05, 0.1) is 6.61 Å². The minimum atomic E-state index is 0.590. The maximum absolute atomic E-state index is 5.54. The summed E-state index contributed by atoms with van der Waals surface area (Å²) in [6.07, 6.45) is 3.76. The maximum Gasteiger partial charge on any atom is 0.0736 e. The third-order valence-corrected chi connectivity index (χ3v) is 3.79. The number of rotatable bonds is 5. The Hall–Kier alpha value is -1.06. The van der Waals surface area contributed by atoms with Crippen molar-refractivity contribution in [2.75, 3.05) is 32.1 Å². The molecule has 1 atom stereocenters. The molecular formula is C16H26N2O. The zero-order valence-electron chi connectivity index (χ0n) is 12.2. The minimum absolute atomic E-state index is 0.590. The van der Waals surface area contributed by atoms with Crippen LogP contribution in [-0.4, -0.2) is 37.7 Å². The molecule has 1 aliphatic heterocycles. The van der Waals surface area contributed by atoms with Crippen molar-refractivity contribution in [2.45, 2.75) is 38.8 Å². The Morgan fingerprint density at radius 2 is 2.11 bits per heavy atom. The molecule has 1 N–H and O–H groups in total. The highest BCUT2D eigenvalue weighted by atomic mass is 16.5. The van der Waals surface area contributed by atoms with Crippen molar-refractivity contribution < 1.29 is 4.74 Å². The summed E-state index contributed by atoms with van der Waals surface area (Å²) in [7, 11) is 2.21. The van der Waals surface area contributed by atoms with Gasteiger partial charge in [-0.3, -0.25) is 0 Å². The van der Waals surface area contributed by atoms with Gasteiger partial charge in [-0.2, -0.15) is 0 Å². The number of nitrogens with one attached hydrogen (secondary N) is 1. The summed E-state index contributed by atoms with van der Waals surface area (Å²) in [5.74, 6) is 0. The third kappa shape index (κ3) is 4.51. The van der Waals surface area contributed by atoms with E-state index in [-0.39, 0.29) is 0 Å². The van der Waals surface area contributed by atoms with E-state index in [1.54, 1.807) is 0 Å². The Morgan fingerprint density at radius 1 is 1.26 bits per heavy atom. The normalized spacial score (nSPS) is 21.1. The number of anilines is 1. The maximum atomic E-state index is 5.54. The van der Waals surface area contributed by atoms with Crippen LogP contribution in [0, 0.1) is 0 Å². The molecule has 0 spiro atoms. The molecule has 19 heavy (non-hydrogen) atoms. The lowest BCUT2D eigenvalue weighted by Gasteiger charge is -2.20. The average molecular weight is 262 g/mol. The number of hydrogen-bond acceptors (Lipinski definition) is 3. The highest BCUT2D eigenvalue weighted by molar-refractivity contribution is 5.51. The molecule has 0 aliphatic carbocycles. The number of ether oxygens (including phenoxy) is 1. The van der Waals surface area contributed by atoms with Gasteiger partial charge in [-0.25, -0.2) is 0 Å². The predicted molar refractivity (Wildman–Crippen MR) is 80.5 cm³/mol. The predicted octanol–water partition coefficient (Wildman–Crippen LogP) is 3.12. The molecule has 3 nitrogen and oxygen atoms in total. The smallest absolute Gasteiger partial charge is 0.0736 e. The molecule has 1 aliphatic rings. The molecule has 3 heteroatoms. The first-order chi connectivity index (χ1) is 9.29. The summed E-state index contributed by atoms with van der Waals surface area (Å²) in [4.78, 5) is 2.42. The Balaban J connectivity index is 1.97. The van der Waals surface area contributed by atoms with Crippen molar-refractivity contribution in [2.24, 2.45) is 0 Å². The lowest BCUT2D eigenvalue weighted by Crippen LogP contribution is -2.23. The summed E-state index contributed by atoms with van der Waals surface area (Å²) in [6, 6.07) is 9.10.